The average Bonchev–Trinajstić information content (AvgIpc) is 2.77. The van der Waals surface area contributed by atoms with Crippen molar-refractivity contribution in [3.63, 3.8) is 0 Å². The van der Waals surface area contributed by atoms with Crippen molar-refractivity contribution in [2.45, 2.75) is 12.5 Å². The highest BCUT2D eigenvalue weighted by Crippen LogP contribution is 2.19. The lowest BCUT2D eigenvalue weighted by atomic mass is 10.1. The molecule has 1 heterocycles. The summed E-state index contributed by atoms with van der Waals surface area (Å²) in [6.07, 6.45) is 2.71. The van der Waals surface area contributed by atoms with Gasteiger partial charge in [-0.3, -0.25) is 0 Å². The summed E-state index contributed by atoms with van der Waals surface area (Å²) < 4.78 is 13.1. The molecule has 2 rings (SSSR count). The van der Waals surface area contributed by atoms with E-state index in [1.807, 2.05) is 0 Å². The Kier molecular flexibility index (Phi) is 3.22. The molecule has 0 saturated carbocycles. The van der Waals surface area contributed by atoms with Gasteiger partial charge in [0, 0.05) is 18.8 Å². The molecule has 84 valence electrons. The van der Waals surface area contributed by atoms with Gasteiger partial charge in [-0.1, -0.05) is 17.7 Å². The number of nitrogens with one attached hydrogen (secondary N) is 1. The predicted molar refractivity (Wildman–Crippen MR) is 58.7 cm³/mol. The largest absolute Gasteiger partial charge is 0.385 e. The molecule has 1 atom stereocenters. The van der Waals surface area contributed by atoms with Crippen molar-refractivity contribution >= 4 is 11.6 Å². The number of imidazole rings is 1. The number of nitrogens with zero attached hydrogens (tertiary/aromatic N) is 1. The van der Waals surface area contributed by atoms with Crippen LogP contribution in [0.3, 0.4) is 0 Å². The maximum atomic E-state index is 13.1. The van der Waals surface area contributed by atoms with Crippen LogP contribution in [-0.4, -0.2) is 15.1 Å². The van der Waals surface area contributed by atoms with E-state index >= 15 is 0 Å². The number of halogens is 2. The second-order valence-electron chi connectivity index (χ2n) is 3.44. The quantitative estimate of drug-likeness (QED) is 0.866. The first-order valence-electron chi connectivity index (χ1n) is 4.78. The van der Waals surface area contributed by atoms with E-state index in [4.69, 9.17) is 11.6 Å². The van der Waals surface area contributed by atoms with Gasteiger partial charge in [-0.25, -0.2) is 9.37 Å². The van der Waals surface area contributed by atoms with Gasteiger partial charge in [-0.05, 0) is 17.7 Å². The molecule has 0 aliphatic rings. The molecule has 0 spiro atoms. The lowest BCUT2D eigenvalue weighted by Crippen LogP contribution is -2.04. The van der Waals surface area contributed by atoms with Crippen LogP contribution in [-0.2, 0) is 6.42 Å². The minimum atomic E-state index is -0.768. The van der Waals surface area contributed by atoms with E-state index in [2.05, 4.69) is 9.97 Å². The van der Waals surface area contributed by atoms with Crippen molar-refractivity contribution in [3.05, 3.63) is 52.8 Å². The first kappa shape index (κ1) is 11.1. The third-order valence-corrected chi connectivity index (χ3v) is 2.55. The van der Waals surface area contributed by atoms with E-state index in [9.17, 15) is 9.50 Å². The number of hydrogen-bond acceptors (Lipinski definition) is 2. The van der Waals surface area contributed by atoms with Crippen LogP contribution in [0.4, 0.5) is 4.39 Å². The van der Waals surface area contributed by atoms with Crippen molar-refractivity contribution in [2.75, 3.05) is 0 Å². The number of aliphatic hydroxyl groups is 1. The van der Waals surface area contributed by atoms with Crippen LogP contribution in [0.5, 0.6) is 0 Å². The van der Waals surface area contributed by atoms with Gasteiger partial charge in [0.05, 0.1) is 5.02 Å². The maximum absolute atomic E-state index is 13.1. The fourth-order valence-corrected chi connectivity index (χ4v) is 1.56. The highest BCUT2D eigenvalue weighted by Gasteiger charge is 2.11. The molecule has 0 fully saturated rings. The Labute approximate surface area is 96.9 Å². The molecule has 1 aromatic heterocycles. The SMILES string of the molecule is OC(Cc1ccc(Cl)c(F)c1)c1ncc[nH]1. The van der Waals surface area contributed by atoms with Crippen molar-refractivity contribution in [3.8, 4) is 0 Å². The van der Waals surface area contributed by atoms with Crippen LogP contribution in [0.1, 0.15) is 17.5 Å². The number of aromatic amines is 1. The van der Waals surface area contributed by atoms with E-state index in [0.29, 0.717) is 17.8 Å². The maximum Gasteiger partial charge on any atom is 0.142 e. The van der Waals surface area contributed by atoms with E-state index in [1.54, 1.807) is 18.5 Å². The van der Waals surface area contributed by atoms with Gasteiger partial charge in [0.2, 0.25) is 0 Å². The second kappa shape index (κ2) is 4.63. The number of aromatic nitrogens is 2. The summed E-state index contributed by atoms with van der Waals surface area (Å²) in [6.45, 7) is 0. The van der Waals surface area contributed by atoms with E-state index in [1.165, 1.54) is 12.1 Å². The summed E-state index contributed by atoms with van der Waals surface area (Å²) in [5.41, 5.74) is 0.672. The molecule has 16 heavy (non-hydrogen) atoms. The molecule has 1 unspecified atom stereocenters. The highest BCUT2D eigenvalue weighted by atomic mass is 35.5. The molecule has 3 nitrogen and oxygen atoms in total. The van der Waals surface area contributed by atoms with Crippen molar-refractivity contribution in [2.24, 2.45) is 0 Å². The smallest absolute Gasteiger partial charge is 0.142 e. The topological polar surface area (TPSA) is 48.9 Å². The Bertz CT molecular complexity index is 473. The van der Waals surface area contributed by atoms with Gasteiger partial charge < -0.3 is 10.1 Å². The zero-order valence-electron chi connectivity index (χ0n) is 8.32. The van der Waals surface area contributed by atoms with Crippen molar-refractivity contribution in [1.82, 2.24) is 9.97 Å². The van der Waals surface area contributed by atoms with Gasteiger partial charge in [-0.15, -0.1) is 0 Å². The van der Waals surface area contributed by atoms with Gasteiger partial charge in [0.15, 0.2) is 0 Å². The average molecular weight is 241 g/mol. The summed E-state index contributed by atoms with van der Waals surface area (Å²) in [4.78, 5) is 6.73. The minimum Gasteiger partial charge on any atom is -0.385 e. The van der Waals surface area contributed by atoms with Crippen LogP contribution in [0.25, 0.3) is 0 Å². The summed E-state index contributed by atoms with van der Waals surface area (Å²) in [7, 11) is 0. The molecule has 2 aromatic rings. The zero-order valence-corrected chi connectivity index (χ0v) is 9.08. The summed E-state index contributed by atoms with van der Waals surface area (Å²) >= 11 is 5.56. The predicted octanol–water partition coefficient (Wildman–Crippen LogP) is 2.48. The molecule has 1 aromatic carbocycles. The van der Waals surface area contributed by atoms with Crippen LogP contribution in [0.15, 0.2) is 30.6 Å². The second-order valence-corrected chi connectivity index (χ2v) is 3.85. The first-order chi connectivity index (χ1) is 7.66. The van der Waals surface area contributed by atoms with Crippen LogP contribution < -0.4 is 0 Å². The molecule has 0 aliphatic carbocycles. The fourth-order valence-electron chi connectivity index (χ4n) is 1.45. The van der Waals surface area contributed by atoms with Gasteiger partial charge >= 0.3 is 0 Å². The molecular weight excluding hydrogens is 231 g/mol. The molecular formula is C11H10ClFN2O. The monoisotopic (exact) mass is 240 g/mol. The molecule has 0 saturated heterocycles. The molecule has 0 radical (unpaired) electrons. The van der Waals surface area contributed by atoms with Crippen LogP contribution >= 0.6 is 11.6 Å². The Balaban J connectivity index is 2.12. The molecule has 5 heteroatoms. The molecule has 0 amide bonds. The van der Waals surface area contributed by atoms with Crippen LogP contribution in [0, 0.1) is 5.82 Å². The summed E-state index contributed by atoms with van der Waals surface area (Å²) in [5.74, 6) is -0.0128. The van der Waals surface area contributed by atoms with Crippen LogP contribution in [0.2, 0.25) is 5.02 Å². The summed E-state index contributed by atoms with van der Waals surface area (Å²) in [6, 6.07) is 4.47. The lowest BCUT2D eigenvalue weighted by Gasteiger charge is -2.08. The standard InChI is InChI=1S/C11H10ClFN2O/c12-8-2-1-7(5-9(8)13)6-10(16)11-14-3-4-15-11/h1-5,10,16H,6H2,(H,14,15). The number of benzene rings is 1. The fraction of sp³-hybridized carbons (Fsp3) is 0.182. The summed E-state index contributed by atoms with van der Waals surface area (Å²) in [5, 5.41) is 9.85. The van der Waals surface area contributed by atoms with Gasteiger partial charge in [0.1, 0.15) is 17.7 Å². The normalized spacial score (nSPS) is 12.7. The van der Waals surface area contributed by atoms with Crippen molar-refractivity contribution in [1.29, 1.82) is 0 Å². The third-order valence-electron chi connectivity index (χ3n) is 2.25. The minimum absolute atomic E-state index is 0.0799. The van der Waals surface area contributed by atoms with Crippen molar-refractivity contribution < 1.29 is 9.50 Å². The Morgan fingerprint density at radius 2 is 2.31 bits per heavy atom. The highest BCUT2D eigenvalue weighted by molar-refractivity contribution is 6.30. The zero-order chi connectivity index (χ0) is 11.5. The van der Waals surface area contributed by atoms with E-state index < -0.39 is 11.9 Å². The number of aliphatic hydroxyl groups excluding tert-OH is 1. The molecule has 0 bridgehead atoms. The Hall–Kier alpha value is -1.39. The van der Waals surface area contributed by atoms with Gasteiger partial charge in [-0.2, -0.15) is 0 Å². The molecule has 2 N–H and O–H groups in total. The number of rotatable bonds is 3. The van der Waals surface area contributed by atoms with E-state index in [-0.39, 0.29) is 5.02 Å². The number of hydrogen-bond donors (Lipinski definition) is 2. The van der Waals surface area contributed by atoms with E-state index in [0.717, 1.165) is 0 Å². The molecule has 0 aliphatic heterocycles. The Morgan fingerprint density at radius 3 is 2.94 bits per heavy atom. The number of H-pyrrole nitrogens is 1. The lowest BCUT2D eigenvalue weighted by molar-refractivity contribution is 0.169. The first-order valence-corrected chi connectivity index (χ1v) is 5.16. The van der Waals surface area contributed by atoms with Gasteiger partial charge in [0.25, 0.3) is 0 Å². The third kappa shape index (κ3) is 2.40. The Morgan fingerprint density at radius 1 is 1.50 bits per heavy atom.